The lowest BCUT2D eigenvalue weighted by atomic mass is 9.46. The largest absolute Gasteiger partial charge is 0.476 e. The number of hydrogen-bond donors (Lipinski definition) is 2. The highest BCUT2D eigenvalue weighted by atomic mass is 31.2. The second-order valence-electron chi connectivity index (χ2n) is 22.9. The maximum absolute atomic E-state index is 15.2. The van der Waals surface area contributed by atoms with Crippen molar-refractivity contribution in [2.75, 3.05) is 11.9 Å². The van der Waals surface area contributed by atoms with Gasteiger partial charge in [0.1, 0.15) is 12.2 Å². The Hall–Kier alpha value is -3.81. The number of carbonyl (C=O) groups excluding carboxylic acids is 4. The Morgan fingerprint density at radius 1 is 0.940 bits per heavy atom. The maximum Gasteiger partial charge on any atom is 0.476 e. The molecular weight excluding hydrogens is 874 g/mol. The van der Waals surface area contributed by atoms with Crippen LogP contribution >= 0.6 is 7.82 Å². The minimum atomic E-state index is -4.30. The molecule has 2 aromatic carbocycles. The molecule has 0 bridgehead atoms. The Balaban J connectivity index is 1.11. The standard InChI is InChI=1S/C53H72NO12P/c1-32(16-23-44(58)63-48(2,3)4)46(59)54-37-15-13-14-34(27-37)26-33-17-19-35(20-18-33)47-62-43-29-40-39-22-21-36-28-38(55)24-25-51(36,11)45(39)41(56)30-52(40,12)53(43,64-47)42(57)31-61-67(60,65-49(5,6)7)66-50(8,9)10/h13-15,17-20,24-25,27-28,32,39-41,43,45,47,56H,16,21-23,26,29-31H2,1-12H3,(H,54,59)/t32-,39-,40-,41-,43+,45+,47+,51-,52-,53+/m0/s1. The van der Waals surface area contributed by atoms with Gasteiger partial charge in [0.15, 0.2) is 23.5 Å². The Labute approximate surface area is 396 Å². The topological polar surface area (TPSA) is 173 Å². The minimum absolute atomic E-state index is 0.00573. The van der Waals surface area contributed by atoms with Crippen molar-refractivity contribution < 1.29 is 56.6 Å². The summed E-state index contributed by atoms with van der Waals surface area (Å²) < 4.78 is 51.3. The zero-order valence-corrected chi connectivity index (χ0v) is 42.3. The van der Waals surface area contributed by atoms with Gasteiger partial charge in [-0.15, -0.1) is 0 Å². The minimum Gasteiger partial charge on any atom is -0.460 e. The van der Waals surface area contributed by atoms with E-state index in [9.17, 15) is 24.1 Å². The monoisotopic (exact) mass is 945 g/mol. The lowest BCUT2D eigenvalue weighted by Crippen LogP contribution is -2.63. The number of fused-ring (bicyclic) bond motifs is 7. The van der Waals surface area contributed by atoms with Gasteiger partial charge in [-0.05, 0) is 148 Å². The van der Waals surface area contributed by atoms with E-state index < -0.39 is 77.9 Å². The number of aliphatic hydroxyl groups is 1. The second-order valence-corrected chi connectivity index (χ2v) is 24.5. The number of phosphoric acid groups is 1. The molecule has 0 aromatic heterocycles. The van der Waals surface area contributed by atoms with Crippen LogP contribution in [0.15, 0.2) is 72.3 Å². The number of nitrogens with one attached hydrogen (secondary N) is 1. The van der Waals surface area contributed by atoms with Crippen LogP contribution in [0.25, 0.3) is 0 Å². The molecule has 4 fully saturated rings. The van der Waals surface area contributed by atoms with Gasteiger partial charge in [0.2, 0.25) is 5.91 Å². The molecule has 5 aliphatic rings. The zero-order chi connectivity index (χ0) is 49.1. The van der Waals surface area contributed by atoms with Crippen molar-refractivity contribution in [3.8, 4) is 0 Å². The second kappa shape index (κ2) is 18.5. The average Bonchev–Trinajstić information content (AvgIpc) is 3.70. The third kappa shape index (κ3) is 10.8. The van der Waals surface area contributed by atoms with E-state index in [2.05, 4.69) is 12.2 Å². The number of ketones is 2. The lowest BCUT2D eigenvalue weighted by molar-refractivity contribution is -0.201. The summed E-state index contributed by atoms with van der Waals surface area (Å²) in [6, 6.07) is 15.5. The predicted octanol–water partition coefficient (Wildman–Crippen LogP) is 10.3. The third-order valence-electron chi connectivity index (χ3n) is 14.3. The normalized spacial score (nSPS) is 30.9. The molecule has 1 heterocycles. The quantitative estimate of drug-likeness (QED) is 0.136. The van der Waals surface area contributed by atoms with Crippen molar-refractivity contribution >= 4 is 37.0 Å². The first-order chi connectivity index (χ1) is 31.0. The van der Waals surface area contributed by atoms with Gasteiger partial charge in [0, 0.05) is 40.3 Å². The number of carbonyl (C=O) groups is 4. The van der Waals surface area contributed by atoms with E-state index in [1.54, 1.807) is 60.6 Å². The van der Waals surface area contributed by atoms with Gasteiger partial charge in [0.25, 0.3) is 0 Å². The first-order valence-electron chi connectivity index (χ1n) is 23.9. The van der Waals surface area contributed by atoms with Gasteiger partial charge in [-0.3, -0.25) is 32.7 Å². The molecule has 3 saturated carbocycles. The van der Waals surface area contributed by atoms with E-state index in [1.807, 2.05) is 82.3 Å². The molecule has 4 aliphatic carbocycles. The highest BCUT2D eigenvalue weighted by Crippen LogP contribution is 2.71. The molecule has 1 aliphatic heterocycles. The van der Waals surface area contributed by atoms with Crippen LogP contribution in [0, 0.1) is 34.5 Å². The summed E-state index contributed by atoms with van der Waals surface area (Å²) in [4.78, 5) is 52.9. The molecule has 366 valence electrons. The summed E-state index contributed by atoms with van der Waals surface area (Å²) in [6.45, 7) is 21.1. The lowest BCUT2D eigenvalue weighted by Gasteiger charge is -2.59. The maximum atomic E-state index is 15.2. The van der Waals surface area contributed by atoms with Crippen LogP contribution in [0.2, 0.25) is 0 Å². The van der Waals surface area contributed by atoms with E-state index in [1.165, 1.54) is 0 Å². The van der Waals surface area contributed by atoms with Gasteiger partial charge in [-0.1, -0.05) is 68.8 Å². The summed E-state index contributed by atoms with van der Waals surface area (Å²) in [5.74, 6) is -1.69. The van der Waals surface area contributed by atoms with Crippen LogP contribution in [-0.2, 0) is 57.9 Å². The summed E-state index contributed by atoms with van der Waals surface area (Å²) >= 11 is 0. The third-order valence-corrected chi connectivity index (χ3v) is 16.3. The number of allylic oxidation sites excluding steroid dienone is 4. The number of aliphatic hydroxyl groups excluding tert-OH is 1. The molecule has 7 rings (SSSR count). The number of phosphoric ester groups is 1. The van der Waals surface area contributed by atoms with E-state index in [-0.39, 0.29) is 48.3 Å². The summed E-state index contributed by atoms with van der Waals surface area (Å²) in [5, 5.41) is 15.3. The zero-order valence-electron chi connectivity index (χ0n) is 41.4. The number of anilines is 1. The van der Waals surface area contributed by atoms with Gasteiger partial charge >= 0.3 is 13.8 Å². The molecule has 0 spiro atoms. The molecule has 1 amide bonds. The van der Waals surface area contributed by atoms with E-state index >= 15 is 4.79 Å². The average molecular weight is 946 g/mol. The van der Waals surface area contributed by atoms with E-state index in [0.29, 0.717) is 36.9 Å². The summed E-state index contributed by atoms with van der Waals surface area (Å²) in [5.41, 5.74) is -1.09. The number of benzene rings is 2. The molecule has 0 radical (unpaired) electrons. The van der Waals surface area contributed by atoms with Crippen LogP contribution in [0.3, 0.4) is 0 Å². The highest BCUT2D eigenvalue weighted by molar-refractivity contribution is 7.48. The van der Waals surface area contributed by atoms with Crippen LogP contribution in [0.1, 0.15) is 145 Å². The Morgan fingerprint density at radius 3 is 2.25 bits per heavy atom. The first-order valence-corrected chi connectivity index (χ1v) is 25.3. The van der Waals surface area contributed by atoms with Crippen molar-refractivity contribution in [2.24, 2.45) is 34.5 Å². The van der Waals surface area contributed by atoms with Crippen molar-refractivity contribution in [1.82, 2.24) is 0 Å². The Kier molecular flexibility index (Phi) is 14.1. The van der Waals surface area contributed by atoms with Crippen LogP contribution in [0.5, 0.6) is 0 Å². The Morgan fingerprint density at radius 2 is 1.61 bits per heavy atom. The molecule has 1 saturated heterocycles. The fourth-order valence-electron chi connectivity index (χ4n) is 11.6. The van der Waals surface area contributed by atoms with Gasteiger partial charge in [-0.25, -0.2) is 4.57 Å². The fraction of sp³-hybridized carbons (Fsp3) is 0.623. The van der Waals surface area contributed by atoms with Crippen LogP contribution < -0.4 is 5.32 Å². The van der Waals surface area contributed by atoms with Gasteiger partial charge in [0.05, 0.1) is 23.4 Å². The van der Waals surface area contributed by atoms with Crippen molar-refractivity contribution in [3.05, 3.63) is 89.0 Å². The number of esters is 1. The Bertz CT molecular complexity index is 2320. The number of rotatable bonds is 14. The van der Waals surface area contributed by atoms with Crippen molar-refractivity contribution in [3.63, 3.8) is 0 Å². The highest BCUT2D eigenvalue weighted by Gasteiger charge is 2.76. The summed E-state index contributed by atoms with van der Waals surface area (Å²) in [6.07, 6.45) is 6.07. The van der Waals surface area contributed by atoms with E-state index in [4.69, 9.17) is 27.8 Å². The first kappa shape index (κ1) is 51.1. The van der Waals surface area contributed by atoms with E-state index in [0.717, 1.165) is 23.1 Å². The molecule has 0 unspecified atom stereocenters. The summed E-state index contributed by atoms with van der Waals surface area (Å²) in [7, 11) is -4.30. The number of Topliss-reactive ketones (excluding diaryl/α,β-unsaturated/α-hetero) is 1. The fourth-order valence-corrected chi connectivity index (χ4v) is 13.4. The van der Waals surface area contributed by atoms with Crippen LogP contribution in [0.4, 0.5) is 5.69 Å². The molecule has 67 heavy (non-hydrogen) atoms. The molecule has 2 aromatic rings. The number of ether oxygens (including phenoxy) is 3. The smallest absolute Gasteiger partial charge is 0.460 e. The molecular formula is C53H72NO12P. The molecule has 14 heteroatoms. The molecule has 10 atom stereocenters. The number of hydrogen-bond acceptors (Lipinski definition) is 12. The van der Waals surface area contributed by atoms with Crippen LogP contribution in [-0.4, -0.2) is 69.8 Å². The van der Waals surface area contributed by atoms with Crippen molar-refractivity contribution in [1.29, 1.82) is 0 Å². The van der Waals surface area contributed by atoms with Gasteiger partial charge in [-0.2, -0.15) is 0 Å². The van der Waals surface area contributed by atoms with Crippen molar-refractivity contribution in [2.45, 2.75) is 169 Å². The molecule has 13 nitrogen and oxygen atoms in total. The number of amides is 1. The predicted molar refractivity (Wildman–Crippen MR) is 254 cm³/mol. The van der Waals surface area contributed by atoms with Gasteiger partial charge < -0.3 is 24.6 Å². The molecule has 2 N–H and O–H groups in total. The SMILES string of the molecule is C[C@@H](CCC(=O)OC(C)(C)C)C(=O)Nc1cccc(Cc2ccc([C@@H]3O[C@@H]4C[C@H]5[C@@H]6CCC7=CC(=O)C=C[C@]7(C)[C@H]6[C@@H](O)C[C@]5(C)[C@]4(C(=O)COP(=O)(OC(C)(C)C)OC(C)(C)C)O3)cc2)c1.